The van der Waals surface area contributed by atoms with Crippen LogP contribution in [0.3, 0.4) is 0 Å². The first-order valence-electron chi connectivity index (χ1n) is 12.5. The van der Waals surface area contributed by atoms with Crippen LogP contribution in [0.1, 0.15) is 57.3 Å². The third kappa shape index (κ3) is 5.51. The fraction of sp³-hybridized carbons (Fsp3) is 0.300. The Labute approximate surface area is 233 Å². The quantitative estimate of drug-likeness (QED) is 0.259. The standard InChI is InChI=1S/C30H31ClF2N2O3S/c1-7-21-24(33)15-19(16-25(21)39(6,37)38)18-11-13-20(14-12-18)35-17-26(30(4,5)36)34-28(35)29(2,3)22-9-8-10-23(32)27(22)31/h8-17,36H,7H2,1-6H3. The minimum Gasteiger partial charge on any atom is -0.384 e. The van der Waals surface area contributed by atoms with Gasteiger partial charge in [0.1, 0.15) is 23.1 Å². The van der Waals surface area contributed by atoms with Crippen molar-refractivity contribution >= 4 is 21.4 Å². The van der Waals surface area contributed by atoms with Gasteiger partial charge in [0.15, 0.2) is 9.84 Å². The highest BCUT2D eigenvalue weighted by atomic mass is 35.5. The average Bonchev–Trinajstić information content (AvgIpc) is 3.32. The van der Waals surface area contributed by atoms with E-state index < -0.39 is 32.5 Å². The van der Waals surface area contributed by atoms with Crippen molar-refractivity contribution in [3.8, 4) is 16.8 Å². The van der Waals surface area contributed by atoms with Crippen molar-refractivity contribution in [3.63, 3.8) is 0 Å². The van der Waals surface area contributed by atoms with Crippen LogP contribution in [-0.2, 0) is 27.3 Å². The van der Waals surface area contributed by atoms with Crippen molar-refractivity contribution in [3.05, 3.63) is 100 Å². The number of benzene rings is 3. The molecular weight excluding hydrogens is 542 g/mol. The molecule has 3 aromatic carbocycles. The van der Waals surface area contributed by atoms with Crippen LogP contribution in [0.4, 0.5) is 8.78 Å². The maximum absolute atomic E-state index is 14.9. The molecule has 0 radical (unpaired) electrons. The molecule has 0 atom stereocenters. The van der Waals surface area contributed by atoms with E-state index in [1.807, 2.05) is 13.8 Å². The molecule has 206 valence electrons. The zero-order valence-electron chi connectivity index (χ0n) is 22.7. The molecule has 9 heteroatoms. The molecule has 1 heterocycles. The third-order valence-electron chi connectivity index (χ3n) is 6.90. The minimum absolute atomic E-state index is 0.00330. The topological polar surface area (TPSA) is 72.2 Å². The van der Waals surface area contributed by atoms with E-state index in [-0.39, 0.29) is 21.9 Å². The highest BCUT2D eigenvalue weighted by Gasteiger charge is 2.34. The zero-order valence-corrected chi connectivity index (χ0v) is 24.3. The summed E-state index contributed by atoms with van der Waals surface area (Å²) >= 11 is 6.36. The summed E-state index contributed by atoms with van der Waals surface area (Å²) in [4.78, 5) is 4.72. The van der Waals surface area contributed by atoms with Crippen LogP contribution in [-0.4, -0.2) is 29.3 Å². The molecule has 0 fully saturated rings. The van der Waals surface area contributed by atoms with Crippen molar-refractivity contribution in [2.45, 2.75) is 57.0 Å². The fourth-order valence-electron chi connectivity index (χ4n) is 4.69. The van der Waals surface area contributed by atoms with E-state index in [2.05, 4.69) is 0 Å². The molecule has 4 aromatic rings. The molecular formula is C30H31ClF2N2O3S. The second-order valence-electron chi connectivity index (χ2n) is 10.7. The first kappa shape index (κ1) is 28.9. The maximum Gasteiger partial charge on any atom is 0.175 e. The van der Waals surface area contributed by atoms with Gasteiger partial charge in [0, 0.05) is 29.1 Å². The largest absolute Gasteiger partial charge is 0.384 e. The van der Waals surface area contributed by atoms with Crippen LogP contribution in [0.25, 0.3) is 16.8 Å². The van der Waals surface area contributed by atoms with Gasteiger partial charge < -0.3 is 9.67 Å². The average molecular weight is 573 g/mol. The van der Waals surface area contributed by atoms with Gasteiger partial charge >= 0.3 is 0 Å². The Kier molecular flexibility index (Phi) is 7.53. The Morgan fingerprint density at radius 2 is 1.62 bits per heavy atom. The van der Waals surface area contributed by atoms with Gasteiger partial charge in [-0.2, -0.15) is 0 Å². The molecule has 0 saturated heterocycles. The van der Waals surface area contributed by atoms with Gasteiger partial charge in [-0.05, 0) is 81.1 Å². The summed E-state index contributed by atoms with van der Waals surface area (Å²) < 4.78 is 55.7. The number of halogens is 3. The maximum atomic E-state index is 14.9. The number of nitrogens with zero attached hydrogens (tertiary/aromatic N) is 2. The first-order valence-corrected chi connectivity index (χ1v) is 14.7. The monoisotopic (exact) mass is 572 g/mol. The van der Waals surface area contributed by atoms with E-state index >= 15 is 0 Å². The predicted molar refractivity (Wildman–Crippen MR) is 150 cm³/mol. The summed E-state index contributed by atoms with van der Waals surface area (Å²) in [5.41, 5.74) is 0.762. The number of hydrogen-bond donors (Lipinski definition) is 1. The molecule has 4 rings (SSSR count). The summed E-state index contributed by atoms with van der Waals surface area (Å²) in [5, 5.41) is 10.7. The van der Waals surface area contributed by atoms with Crippen LogP contribution < -0.4 is 0 Å². The van der Waals surface area contributed by atoms with Crippen molar-refractivity contribution in [2.24, 2.45) is 0 Å². The molecule has 0 saturated carbocycles. The Morgan fingerprint density at radius 3 is 2.18 bits per heavy atom. The molecule has 1 N–H and O–H groups in total. The highest BCUT2D eigenvalue weighted by molar-refractivity contribution is 7.90. The van der Waals surface area contributed by atoms with Gasteiger partial charge in [-0.1, -0.05) is 42.8 Å². The molecule has 0 bridgehead atoms. The SMILES string of the molecule is CCc1c(F)cc(-c2ccc(-n3cc(C(C)(C)O)nc3C(C)(C)c3cccc(F)c3Cl)cc2)cc1S(C)(=O)=O. The summed E-state index contributed by atoms with van der Waals surface area (Å²) in [7, 11) is -3.63. The van der Waals surface area contributed by atoms with E-state index in [0.29, 0.717) is 33.9 Å². The van der Waals surface area contributed by atoms with Gasteiger partial charge in [-0.3, -0.25) is 0 Å². The van der Waals surface area contributed by atoms with Gasteiger partial charge in [-0.25, -0.2) is 22.2 Å². The lowest BCUT2D eigenvalue weighted by Gasteiger charge is -2.27. The number of aliphatic hydroxyl groups is 1. The first-order chi connectivity index (χ1) is 18.1. The molecule has 5 nitrogen and oxygen atoms in total. The minimum atomic E-state index is -3.63. The zero-order chi connectivity index (χ0) is 28.9. The molecule has 0 aliphatic heterocycles. The van der Waals surface area contributed by atoms with Crippen LogP contribution >= 0.6 is 11.6 Å². The van der Waals surface area contributed by atoms with Crippen molar-refractivity contribution < 1.29 is 22.3 Å². The Hall–Kier alpha value is -3.07. The van der Waals surface area contributed by atoms with Crippen LogP contribution in [0.5, 0.6) is 0 Å². The number of imidazole rings is 1. The summed E-state index contributed by atoms with van der Waals surface area (Å²) in [6.07, 6.45) is 3.05. The molecule has 0 unspecified atom stereocenters. The molecule has 1 aromatic heterocycles. The Balaban J connectivity index is 1.86. The van der Waals surface area contributed by atoms with Gasteiger partial charge in [0.05, 0.1) is 15.6 Å². The number of hydrogen-bond acceptors (Lipinski definition) is 4. The van der Waals surface area contributed by atoms with Crippen molar-refractivity contribution in [1.29, 1.82) is 0 Å². The second-order valence-corrected chi connectivity index (χ2v) is 13.1. The fourth-order valence-corrected chi connectivity index (χ4v) is 6.08. The summed E-state index contributed by atoms with van der Waals surface area (Å²) in [5.74, 6) is -0.584. The van der Waals surface area contributed by atoms with Crippen molar-refractivity contribution in [1.82, 2.24) is 9.55 Å². The smallest absolute Gasteiger partial charge is 0.175 e. The number of sulfone groups is 1. The van der Waals surface area contributed by atoms with E-state index in [4.69, 9.17) is 16.6 Å². The van der Waals surface area contributed by atoms with E-state index in [9.17, 15) is 22.3 Å². The second kappa shape index (κ2) is 10.2. The Bertz CT molecular complexity index is 1650. The van der Waals surface area contributed by atoms with Gasteiger partial charge in [-0.15, -0.1) is 0 Å². The van der Waals surface area contributed by atoms with E-state index in [1.165, 1.54) is 18.2 Å². The van der Waals surface area contributed by atoms with Crippen LogP contribution in [0, 0.1) is 11.6 Å². The Morgan fingerprint density at radius 1 is 0.974 bits per heavy atom. The third-order valence-corrected chi connectivity index (χ3v) is 8.45. The highest BCUT2D eigenvalue weighted by Crippen LogP contribution is 2.39. The van der Waals surface area contributed by atoms with Gasteiger partial charge in [0.2, 0.25) is 0 Å². The van der Waals surface area contributed by atoms with Crippen LogP contribution in [0.15, 0.2) is 65.7 Å². The van der Waals surface area contributed by atoms with Crippen LogP contribution in [0.2, 0.25) is 5.02 Å². The van der Waals surface area contributed by atoms with E-state index in [0.717, 1.165) is 6.26 Å². The molecule has 39 heavy (non-hydrogen) atoms. The normalized spacial score (nSPS) is 12.7. The molecule has 0 spiro atoms. The predicted octanol–water partition coefficient (Wildman–Crippen LogP) is 6.99. The summed E-state index contributed by atoms with van der Waals surface area (Å²) in [6, 6.07) is 14.6. The molecule has 0 aliphatic rings. The molecule has 0 aliphatic carbocycles. The number of rotatable bonds is 7. The van der Waals surface area contributed by atoms with Crippen molar-refractivity contribution in [2.75, 3.05) is 6.26 Å². The molecule has 0 amide bonds. The summed E-state index contributed by atoms with van der Waals surface area (Å²) in [6.45, 7) is 8.72. The lowest BCUT2D eigenvalue weighted by Crippen LogP contribution is -2.25. The number of aromatic nitrogens is 2. The lowest BCUT2D eigenvalue weighted by molar-refractivity contribution is 0.0740. The van der Waals surface area contributed by atoms with E-state index in [1.54, 1.807) is 67.9 Å². The van der Waals surface area contributed by atoms with Gasteiger partial charge in [0.25, 0.3) is 0 Å². The lowest BCUT2D eigenvalue weighted by atomic mass is 9.83.